The third-order valence-electron chi connectivity index (χ3n) is 4.13. The Kier molecular flexibility index (Phi) is 6.62. The molecule has 0 aliphatic heterocycles. The number of nitrogens with one attached hydrogen (secondary N) is 2. The van der Waals surface area contributed by atoms with Gasteiger partial charge < -0.3 is 20.8 Å². The molecule has 1 aliphatic rings. The maximum atomic E-state index is 12.0. The second kappa shape index (κ2) is 8.70. The number of hydrogen-bond donors (Lipinski definition) is 4. The highest BCUT2D eigenvalue weighted by Crippen LogP contribution is 2.20. The van der Waals surface area contributed by atoms with Gasteiger partial charge in [-0.15, -0.1) is 0 Å². The number of urea groups is 1. The molecule has 4 N–H and O–H groups in total. The molecule has 0 radical (unpaired) electrons. The van der Waals surface area contributed by atoms with E-state index in [9.17, 15) is 9.90 Å². The van der Waals surface area contributed by atoms with Gasteiger partial charge in [-0.1, -0.05) is 42.5 Å². The Balaban J connectivity index is 1.83. The lowest BCUT2D eigenvalue weighted by Gasteiger charge is -2.21. The molecule has 0 bridgehead atoms. The smallest absolute Gasteiger partial charge is 0.315 e. The summed E-state index contributed by atoms with van der Waals surface area (Å²) in [6, 6.07) is 9.65. The van der Waals surface area contributed by atoms with E-state index in [4.69, 9.17) is 5.11 Å². The summed E-state index contributed by atoms with van der Waals surface area (Å²) in [5.74, 6) is 0.207. The fraction of sp³-hybridized carbons (Fsp3) is 0.500. The van der Waals surface area contributed by atoms with Gasteiger partial charge in [-0.3, -0.25) is 0 Å². The topological polar surface area (TPSA) is 81.6 Å². The number of aliphatic hydroxyl groups excluding tert-OH is 2. The molecular weight excluding hydrogens is 292 g/mol. The summed E-state index contributed by atoms with van der Waals surface area (Å²) < 4.78 is 0. The number of carbonyl (C=O) groups excluding carboxylic acids is 1. The van der Waals surface area contributed by atoms with Crippen LogP contribution in [0.2, 0.25) is 0 Å². The van der Waals surface area contributed by atoms with E-state index in [1.165, 1.54) is 0 Å². The maximum Gasteiger partial charge on any atom is 0.315 e. The highest BCUT2D eigenvalue weighted by molar-refractivity contribution is 5.74. The Bertz CT molecular complexity index is 516. The van der Waals surface area contributed by atoms with Gasteiger partial charge in [0, 0.05) is 31.0 Å². The predicted octanol–water partition coefficient (Wildman–Crippen LogP) is 1.78. The average Bonchev–Trinajstić information content (AvgIpc) is 2.99. The minimum atomic E-state index is -0.423. The van der Waals surface area contributed by atoms with Gasteiger partial charge in [0.1, 0.15) is 0 Å². The number of aliphatic hydroxyl groups is 2. The number of hydrogen-bond acceptors (Lipinski definition) is 3. The van der Waals surface area contributed by atoms with Gasteiger partial charge in [-0.05, 0) is 25.3 Å². The highest BCUT2D eigenvalue weighted by atomic mass is 16.3. The predicted molar refractivity (Wildman–Crippen MR) is 90.1 cm³/mol. The summed E-state index contributed by atoms with van der Waals surface area (Å²) in [5.41, 5.74) is 1.11. The minimum absolute atomic E-state index is 0.0286. The van der Waals surface area contributed by atoms with Crippen LogP contribution in [0.1, 0.15) is 31.2 Å². The Labute approximate surface area is 137 Å². The normalized spacial score (nSPS) is 22.6. The standard InChI is InChI=1S/C18H26N2O3/c1-13(22)9-16(15-5-3-2-4-6-15)11-19-18(23)20-17-8-7-14(10-17)12-21/h2-8,13-14,16-17,21-22H,9-12H2,1H3,(H2,19,20,23)/t13?,14-,16?,17+/m0/s1. The van der Waals surface area contributed by atoms with Crippen molar-refractivity contribution in [1.29, 1.82) is 0 Å². The van der Waals surface area contributed by atoms with Crippen molar-refractivity contribution >= 4 is 6.03 Å². The molecule has 2 rings (SSSR count). The summed E-state index contributed by atoms with van der Waals surface area (Å²) in [4.78, 5) is 12.0. The highest BCUT2D eigenvalue weighted by Gasteiger charge is 2.20. The molecule has 4 atom stereocenters. The van der Waals surface area contributed by atoms with E-state index in [1.807, 2.05) is 42.5 Å². The Morgan fingerprint density at radius 2 is 2.04 bits per heavy atom. The summed E-state index contributed by atoms with van der Waals surface area (Å²) >= 11 is 0. The Hall–Kier alpha value is -1.85. The molecule has 1 aliphatic carbocycles. The summed E-state index contributed by atoms with van der Waals surface area (Å²) in [6.45, 7) is 2.34. The molecule has 2 amide bonds. The average molecular weight is 318 g/mol. The maximum absolute atomic E-state index is 12.0. The van der Waals surface area contributed by atoms with Crippen LogP contribution in [0.25, 0.3) is 0 Å². The molecular formula is C18H26N2O3. The lowest BCUT2D eigenvalue weighted by molar-refractivity contribution is 0.173. The minimum Gasteiger partial charge on any atom is -0.396 e. The zero-order valence-corrected chi connectivity index (χ0v) is 13.5. The molecule has 1 aromatic carbocycles. The van der Waals surface area contributed by atoms with Crippen molar-refractivity contribution in [3.05, 3.63) is 48.0 Å². The lowest BCUT2D eigenvalue weighted by Crippen LogP contribution is -2.42. The number of amides is 2. The van der Waals surface area contributed by atoms with Crippen LogP contribution in [0.15, 0.2) is 42.5 Å². The second-order valence-corrected chi connectivity index (χ2v) is 6.22. The fourth-order valence-electron chi connectivity index (χ4n) is 2.93. The molecule has 5 heteroatoms. The zero-order valence-electron chi connectivity index (χ0n) is 13.5. The van der Waals surface area contributed by atoms with Crippen LogP contribution in [-0.2, 0) is 0 Å². The van der Waals surface area contributed by atoms with Crippen molar-refractivity contribution in [1.82, 2.24) is 10.6 Å². The molecule has 126 valence electrons. The van der Waals surface area contributed by atoms with Gasteiger partial charge in [0.2, 0.25) is 0 Å². The summed E-state index contributed by atoms with van der Waals surface area (Å²) in [6.07, 6.45) is 4.77. The van der Waals surface area contributed by atoms with Gasteiger partial charge >= 0.3 is 6.03 Å². The van der Waals surface area contributed by atoms with Crippen LogP contribution in [0.4, 0.5) is 4.79 Å². The van der Waals surface area contributed by atoms with Crippen molar-refractivity contribution < 1.29 is 15.0 Å². The van der Waals surface area contributed by atoms with Crippen molar-refractivity contribution in [2.45, 2.75) is 37.8 Å². The first-order valence-electron chi connectivity index (χ1n) is 8.15. The summed E-state index contributed by atoms with van der Waals surface area (Å²) in [5, 5.41) is 24.6. The first kappa shape index (κ1) is 17.5. The largest absolute Gasteiger partial charge is 0.396 e. The first-order valence-corrected chi connectivity index (χ1v) is 8.15. The van der Waals surface area contributed by atoms with Crippen molar-refractivity contribution in [3.63, 3.8) is 0 Å². The van der Waals surface area contributed by atoms with Gasteiger partial charge in [0.15, 0.2) is 0 Å². The molecule has 23 heavy (non-hydrogen) atoms. The lowest BCUT2D eigenvalue weighted by atomic mass is 9.93. The molecule has 0 aromatic heterocycles. The molecule has 5 nitrogen and oxygen atoms in total. The first-order chi connectivity index (χ1) is 11.1. The van der Waals surface area contributed by atoms with E-state index in [0.29, 0.717) is 13.0 Å². The van der Waals surface area contributed by atoms with E-state index in [1.54, 1.807) is 6.92 Å². The number of carbonyl (C=O) groups is 1. The number of rotatable bonds is 7. The van der Waals surface area contributed by atoms with E-state index >= 15 is 0 Å². The van der Waals surface area contributed by atoms with Crippen LogP contribution in [0, 0.1) is 5.92 Å². The van der Waals surface area contributed by atoms with Crippen LogP contribution in [-0.4, -0.2) is 41.5 Å². The quantitative estimate of drug-likeness (QED) is 0.578. The van der Waals surface area contributed by atoms with Crippen molar-refractivity contribution in [2.24, 2.45) is 5.92 Å². The van der Waals surface area contributed by atoms with E-state index in [-0.39, 0.29) is 30.5 Å². The second-order valence-electron chi connectivity index (χ2n) is 6.22. The van der Waals surface area contributed by atoms with Gasteiger partial charge in [-0.2, -0.15) is 0 Å². The fourth-order valence-corrected chi connectivity index (χ4v) is 2.93. The van der Waals surface area contributed by atoms with Crippen molar-refractivity contribution in [2.75, 3.05) is 13.2 Å². The van der Waals surface area contributed by atoms with Crippen LogP contribution >= 0.6 is 0 Å². The van der Waals surface area contributed by atoms with Gasteiger partial charge in [0.05, 0.1) is 6.10 Å². The van der Waals surface area contributed by atoms with E-state index < -0.39 is 6.10 Å². The molecule has 1 aromatic rings. The molecule has 0 fully saturated rings. The van der Waals surface area contributed by atoms with Gasteiger partial charge in [0.25, 0.3) is 0 Å². The van der Waals surface area contributed by atoms with Crippen LogP contribution in [0.3, 0.4) is 0 Å². The third-order valence-corrected chi connectivity index (χ3v) is 4.13. The Morgan fingerprint density at radius 1 is 1.30 bits per heavy atom. The molecule has 2 unspecified atom stereocenters. The third kappa shape index (κ3) is 5.69. The molecule has 0 saturated carbocycles. The van der Waals surface area contributed by atoms with E-state index in [0.717, 1.165) is 12.0 Å². The van der Waals surface area contributed by atoms with Crippen LogP contribution in [0.5, 0.6) is 0 Å². The number of benzene rings is 1. The van der Waals surface area contributed by atoms with Gasteiger partial charge in [-0.25, -0.2) is 4.79 Å². The molecule has 0 heterocycles. The molecule has 0 spiro atoms. The monoisotopic (exact) mass is 318 g/mol. The SMILES string of the molecule is CC(O)CC(CNC(=O)N[C@@H]1C=C[C@H](CO)C1)c1ccccc1. The zero-order chi connectivity index (χ0) is 16.7. The van der Waals surface area contributed by atoms with Crippen LogP contribution < -0.4 is 10.6 Å². The Morgan fingerprint density at radius 3 is 2.65 bits per heavy atom. The van der Waals surface area contributed by atoms with Crippen molar-refractivity contribution in [3.8, 4) is 0 Å². The molecule has 0 saturated heterocycles. The van der Waals surface area contributed by atoms with E-state index in [2.05, 4.69) is 10.6 Å². The summed E-state index contributed by atoms with van der Waals surface area (Å²) in [7, 11) is 0.